The Hall–Kier alpha value is -1.52. The van der Waals surface area contributed by atoms with Gasteiger partial charge in [-0.05, 0) is 19.3 Å². The third-order valence-electron chi connectivity index (χ3n) is 3.35. The molecule has 19 heavy (non-hydrogen) atoms. The zero-order valence-corrected chi connectivity index (χ0v) is 12.1. The van der Waals surface area contributed by atoms with Crippen molar-refractivity contribution in [3.05, 3.63) is 17.8 Å². The van der Waals surface area contributed by atoms with Gasteiger partial charge in [0.2, 0.25) is 5.89 Å². The van der Waals surface area contributed by atoms with Crippen LogP contribution in [0, 0.1) is 0 Å². The summed E-state index contributed by atoms with van der Waals surface area (Å²) in [5.41, 5.74) is 5.97. The van der Waals surface area contributed by atoms with Crippen molar-refractivity contribution in [3.8, 4) is 0 Å². The van der Waals surface area contributed by atoms with Crippen molar-refractivity contribution < 1.29 is 4.42 Å². The summed E-state index contributed by atoms with van der Waals surface area (Å²) in [4.78, 5) is 10.8. The van der Waals surface area contributed by atoms with Gasteiger partial charge in [-0.1, -0.05) is 20.8 Å². The predicted octanol–water partition coefficient (Wildman–Crippen LogP) is 2.27. The predicted molar refractivity (Wildman–Crippen MR) is 76.0 cm³/mol. The molecule has 0 saturated carbocycles. The first-order valence-corrected chi connectivity index (χ1v) is 6.97. The van der Waals surface area contributed by atoms with Crippen LogP contribution in [0.4, 0.5) is 0 Å². The van der Waals surface area contributed by atoms with Crippen molar-refractivity contribution in [2.75, 3.05) is 13.1 Å². The summed E-state index contributed by atoms with van der Waals surface area (Å²) in [5, 5.41) is 0. The van der Waals surface area contributed by atoms with Crippen molar-refractivity contribution in [1.82, 2.24) is 9.88 Å². The lowest BCUT2D eigenvalue weighted by Crippen LogP contribution is -2.40. The first-order chi connectivity index (χ1) is 8.97. The van der Waals surface area contributed by atoms with Gasteiger partial charge in [0.05, 0.1) is 6.20 Å². The largest absolute Gasteiger partial charge is 0.443 e. The number of oxazole rings is 1. The highest BCUT2D eigenvalue weighted by Gasteiger charge is 2.19. The number of hydrogen-bond donors (Lipinski definition) is 1. The van der Waals surface area contributed by atoms with Gasteiger partial charge in [0.25, 0.3) is 0 Å². The average Bonchev–Trinajstić information content (AvgIpc) is 2.86. The molecule has 1 aliphatic heterocycles. The summed E-state index contributed by atoms with van der Waals surface area (Å²) in [7, 11) is 0. The molecule has 5 nitrogen and oxygen atoms in total. The molecule has 0 aliphatic carbocycles. The summed E-state index contributed by atoms with van der Waals surface area (Å²) in [6.07, 6.45) is 5.47. The van der Waals surface area contributed by atoms with Crippen molar-refractivity contribution in [1.29, 1.82) is 0 Å². The second kappa shape index (κ2) is 5.63. The molecule has 1 aromatic heterocycles. The fraction of sp³-hybridized carbons (Fsp3) is 0.714. The molecule has 106 valence electrons. The number of nitrogens with two attached hydrogens (primary N) is 1. The van der Waals surface area contributed by atoms with E-state index in [1.165, 1.54) is 19.3 Å². The normalized spacial score (nSPS) is 17.8. The molecule has 2 rings (SSSR count). The maximum absolute atomic E-state index is 6.00. The van der Waals surface area contributed by atoms with Crippen molar-refractivity contribution >= 4 is 5.96 Å². The van der Waals surface area contributed by atoms with Gasteiger partial charge in [-0.15, -0.1) is 0 Å². The van der Waals surface area contributed by atoms with Crippen LogP contribution in [0.2, 0.25) is 0 Å². The molecule has 0 unspecified atom stereocenters. The molecule has 1 aliphatic rings. The van der Waals surface area contributed by atoms with E-state index >= 15 is 0 Å². The lowest BCUT2D eigenvalue weighted by molar-refractivity contribution is 0.336. The van der Waals surface area contributed by atoms with Crippen LogP contribution in [-0.4, -0.2) is 28.9 Å². The Labute approximate surface area is 114 Å². The number of aliphatic imine (C=N–C) groups is 1. The molecular formula is C14H24N4O. The quantitative estimate of drug-likeness (QED) is 0.657. The first kappa shape index (κ1) is 13.9. The summed E-state index contributed by atoms with van der Waals surface area (Å²) in [6.45, 7) is 8.73. The van der Waals surface area contributed by atoms with Crippen molar-refractivity contribution in [2.45, 2.75) is 52.0 Å². The highest BCUT2D eigenvalue weighted by atomic mass is 16.4. The standard InChI is InChI=1S/C14H24N4O/c1-14(2,3)11-9-16-12(19-11)10-17-13(15)18-7-5-4-6-8-18/h9H,4-8,10H2,1-3H3,(H2,15,17). The minimum absolute atomic E-state index is 0.0205. The monoisotopic (exact) mass is 264 g/mol. The molecule has 2 heterocycles. The molecule has 1 saturated heterocycles. The van der Waals surface area contributed by atoms with E-state index < -0.39 is 0 Å². The van der Waals surface area contributed by atoms with Gasteiger partial charge in [-0.3, -0.25) is 0 Å². The minimum Gasteiger partial charge on any atom is -0.443 e. The van der Waals surface area contributed by atoms with E-state index in [2.05, 4.69) is 35.6 Å². The van der Waals surface area contributed by atoms with E-state index in [1.807, 2.05) is 0 Å². The molecule has 0 aromatic carbocycles. The SMILES string of the molecule is CC(C)(C)c1cnc(CN=C(N)N2CCCCC2)o1. The third-order valence-corrected chi connectivity index (χ3v) is 3.35. The number of rotatable bonds is 2. The summed E-state index contributed by atoms with van der Waals surface area (Å²) in [5.74, 6) is 2.12. The number of guanidine groups is 1. The molecule has 5 heteroatoms. The van der Waals surface area contributed by atoms with Crippen LogP contribution in [0.3, 0.4) is 0 Å². The topological polar surface area (TPSA) is 67.7 Å². The highest BCUT2D eigenvalue weighted by molar-refractivity contribution is 5.78. The number of nitrogens with zero attached hydrogens (tertiary/aromatic N) is 3. The molecule has 0 amide bonds. The van der Waals surface area contributed by atoms with E-state index in [0.717, 1.165) is 18.8 Å². The maximum atomic E-state index is 6.00. The van der Waals surface area contributed by atoms with Crippen LogP contribution in [-0.2, 0) is 12.0 Å². The van der Waals surface area contributed by atoms with Gasteiger partial charge in [0.15, 0.2) is 5.96 Å². The first-order valence-electron chi connectivity index (χ1n) is 6.97. The van der Waals surface area contributed by atoms with E-state index in [1.54, 1.807) is 6.20 Å². The zero-order valence-electron chi connectivity index (χ0n) is 12.1. The fourth-order valence-electron chi connectivity index (χ4n) is 2.10. The molecular weight excluding hydrogens is 240 g/mol. The molecule has 0 spiro atoms. The highest BCUT2D eigenvalue weighted by Crippen LogP contribution is 2.22. The molecule has 1 fully saturated rings. The van der Waals surface area contributed by atoms with Gasteiger partial charge < -0.3 is 15.1 Å². The van der Waals surface area contributed by atoms with E-state index in [-0.39, 0.29) is 5.41 Å². The average molecular weight is 264 g/mol. The number of hydrogen-bond acceptors (Lipinski definition) is 3. The Morgan fingerprint density at radius 1 is 1.37 bits per heavy atom. The Bertz CT molecular complexity index is 439. The maximum Gasteiger partial charge on any atom is 0.216 e. The van der Waals surface area contributed by atoms with Gasteiger partial charge in [0.1, 0.15) is 12.3 Å². The second-order valence-electron chi connectivity index (χ2n) is 6.09. The number of piperidine rings is 1. The third kappa shape index (κ3) is 3.72. The van der Waals surface area contributed by atoms with Crippen LogP contribution >= 0.6 is 0 Å². The fourth-order valence-corrected chi connectivity index (χ4v) is 2.10. The lowest BCUT2D eigenvalue weighted by Gasteiger charge is -2.27. The van der Waals surface area contributed by atoms with Crippen molar-refractivity contribution in [2.24, 2.45) is 10.7 Å². The minimum atomic E-state index is -0.0205. The smallest absolute Gasteiger partial charge is 0.216 e. The molecule has 0 radical (unpaired) electrons. The number of aromatic nitrogens is 1. The van der Waals surface area contributed by atoms with Gasteiger partial charge in [-0.2, -0.15) is 0 Å². The zero-order chi connectivity index (χ0) is 13.9. The number of likely N-dealkylation sites (tertiary alicyclic amines) is 1. The van der Waals surface area contributed by atoms with Crippen molar-refractivity contribution in [3.63, 3.8) is 0 Å². The van der Waals surface area contributed by atoms with Gasteiger partial charge >= 0.3 is 0 Å². The van der Waals surface area contributed by atoms with E-state index in [0.29, 0.717) is 18.4 Å². The van der Waals surface area contributed by atoms with E-state index in [9.17, 15) is 0 Å². The van der Waals surface area contributed by atoms with E-state index in [4.69, 9.17) is 10.2 Å². The Kier molecular flexibility index (Phi) is 4.12. The Morgan fingerprint density at radius 2 is 2.05 bits per heavy atom. The molecule has 0 atom stereocenters. The molecule has 2 N–H and O–H groups in total. The lowest BCUT2D eigenvalue weighted by atomic mass is 9.94. The molecule has 1 aromatic rings. The Balaban J connectivity index is 1.95. The summed E-state index contributed by atoms with van der Waals surface area (Å²) < 4.78 is 5.69. The van der Waals surface area contributed by atoms with Crippen LogP contribution < -0.4 is 5.73 Å². The van der Waals surface area contributed by atoms with Crippen LogP contribution in [0.1, 0.15) is 51.7 Å². The summed E-state index contributed by atoms with van der Waals surface area (Å²) in [6, 6.07) is 0. The van der Waals surface area contributed by atoms with Crippen LogP contribution in [0.5, 0.6) is 0 Å². The van der Waals surface area contributed by atoms with Gasteiger partial charge in [0, 0.05) is 18.5 Å². The van der Waals surface area contributed by atoms with Gasteiger partial charge in [-0.25, -0.2) is 9.98 Å². The Morgan fingerprint density at radius 3 is 2.63 bits per heavy atom. The summed E-state index contributed by atoms with van der Waals surface area (Å²) >= 11 is 0. The van der Waals surface area contributed by atoms with Crippen LogP contribution in [0.25, 0.3) is 0 Å². The van der Waals surface area contributed by atoms with Crippen LogP contribution in [0.15, 0.2) is 15.6 Å². The molecule has 0 bridgehead atoms. The second-order valence-corrected chi connectivity index (χ2v) is 6.09.